The Morgan fingerprint density at radius 2 is 1.02 bits per heavy atom. The van der Waals surface area contributed by atoms with Crippen molar-refractivity contribution in [3.8, 4) is 33.4 Å². The quantitative estimate of drug-likeness (QED) is 0.207. The van der Waals surface area contributed by atoms with E-state index in [1.165, 1.54) is 33.0 Å². The summed E-state index contributed by atoms with van der Waals surface area (Å²) in [5, 5.41) is 7.53. The monoisotopic (exact) mass is 530 g/mol. The van der Waals surface area contributed by atoms with E-state index in [4.69, 9.17) is 16.0 Å². The summed E-state index contributed by atoms with van der Waals surface area (Å²) in [6, 6.07) is 49.1. The zero-order valence-corrected chi connectivity index (χ0v) is 22.3. The Morgan fingerprint density at radius 3 is 1.90 bits per heavy atom. The predicted molar refractivity (Wildman–Crippen MR) is 170 cm³/mol. The van der Waals surface area contributed by atoms with Gasteiger partial charge in [-0.05, 0) is 79.9 Å². The Kier molecular flexibility index (Phi) is 5.26. The zero-order valence-electron chi connectivity index (χ0n) is 21.6. The molecular weight excluding hydrogens is 508 g/mol. The first-order valence-electron chi connectivity index (χ1n) is 13.5. The van der Waals surface area contributed by atoms with E-state index in [9.17, 15) is 0 Å². The molecule has 0 bridgehead atoms. The summed E-state index contributed by atoms with van der Waals surface area (Å²) >= 11 is 6.87. The summed E-state index contributed by atoms with van der Waals surface area (Å²) in [5.74, 6) is 0. The first-order chi connectivity index (χ1) is 19.8. The van der Waals surface area contributed by atoms with Crippen molar-refractivity contribution < 1.29 is 4.42 Å². The number of rotatable bonds is 3. The number of halogens is 1. The highest BCUT2D eigenvalue weighted by molar-refractivity contribution is 6.37. The smallest absolute Gasteiger partial charge is 0.136 e. The molecule has 0 radical (unpaired) electrons. The van der Waals surface area contributed by atoms with Crippen LogP contribution in [0.4, 0.5) is 0 Å². The zero-order chi connectivity index (χ0) is 26.6. The van der Waals surface area contributed by atoms with Crippen LogP contribution in [0.15, 0.2) is 144 Å². The van der Waals surface area contributed by atoms with Gasteiger partial charge >= 0.3 is 0 Å². The Balaban J connectivity index is 1.46. The lowest BCUT2D eigenvalue weighted by atomic mass is 9.86. The van der Waals surface area contributed by atoms with Gasteiger partial charge in [0, 0.05) is 21.2 Å². The largest absolute Gasteiger partial charge is 0.456 e. The molecule has 1 nitrogen and oxygen atoms in total. The molecule has 1 heterocycles. The van der Waals surface area contributed by atoms with E-state index in [-0.39, 0.29) is 0 Å². The Morgan fingerprint density at radius 1 is 0.375 bits per heavy atom. The summed E-state index contributed by atoms with van der Waals surface area (Å²) < 4.78 is 6.29. The third-order valence-corrected chi connectivity index (χ3v) is 8.29. The molecule has 8 rings (SSSR count). The van der Waals surface area contributed by atoms with E-state index in [1.54, 1.807) is 0 Å². The number of hydrogen-bond donors (Lipinski definition) is 0. The molecule has 40 heavy (non-hydrogen) atoms. The van der Waals surface area contributed by atoms with Gasteiger partial charge in [-0.2, -0.15) is 0 Å². The molecule has 0 fully saturated rings. The van der Waals surface area contributed by atoms with Gasteiger partial charge in [0.15, 0.2) is 0 Å². The molecule has 0 saturated carbocycles. The van der Waals surface area contributed by atoms with Gasteiger partial charge in [-0.1, -0.05) is 121 Å². The minimum Gasteiger partial charge on any atom is -0.456 e. The van der Waals surface area contributed by atoms with Crippen LogP contribution in [-0.4, -0.2) is 0 Å². The number of furan rings is 1. The molecule has 8 aromatic rings. The van der Waals surface area contributed by atoms with Crippen LogP contribution in [0.5, 0.6) is 0 Å². The molecule has 7 aromatic carbocycles. The molecule has 0 unspecified atom stereocenters. The molecule has 2 heteroatoms. The van der Waals surface area contributed by atoms with Crippen molar-refractivity contribution in [2.45, 2.75) is 0 Å². The molecule has 0 saturated heterocycles. The Bertz CT molecular complexity index is 2220. The Labute approximate surface area is 236 Å². The SMILES string of the molecule is Clc1cccc2c(-c3ccc4c(c3)oc3ccccc34)c3cccc(-c4ccccc4-c4ccccc4)c3cc12. The number of fused-ring (bicyclic) bond motifs is 5. The van der Waals surface area contributed by atoms with E-state index in [0.29, 0.717) is 0 Å². The fraction of sp³-hybridized carbons (Fsp3) is 0. The molecule has 0 aliphatic rings. The van der Waals surface area contributed by atoms with Crippen LogP contribution in [0.25, 0.3) is 76.9 Å². The minimum absolute atomic E-state index is 0.747. The van der Waals surface area contributed by atoms with Crippen LogP contribution in [0.3, 0.4) is 0 Å². The molecule has 0 aliphatic heterocycles. The van der Waals surface area contributed by atoms with Crippen molar-refractivity contribution in [2.24, 2.45) is 0 Å². The van der Waals surface area contributed by atoms with Crippen LogP contribution < -0.4 is 0 Å². The van der Waals surface area contributed by atoms with Crippen molar-refractivity contribution in [3.63, 3.8) is 0 Å². The molecule has 0 amide bonds. The molecule has 188 valence electrons. The lowest BCUT2D eigenvalue weighted by Crippen LogP contribution is -1.90. The van der Waals surface area contributed by atoms with E-state index < -0.39 is 0 Å². The number of para-hydroxylation sites is 1. The number of benzene rings is 7. The van der Waals surface area contributed by atoms with Gasteiger partial charge in [-0.25, -0.2) is 0 Å². The number of hydrogen-bond acceptors (Lipinski definition) is 1. The van der Waals surface area contributed by atoms with Gasteiger partial charge < -0.3 is 4.42 Å². The maximum atomic E-state index is 6.87. The van der Waals surface area contributed by atoms with Crippen LogP contribution in [0.1, 0.15) is 0 Å². The first-order valence-corrected chi connectivity index (χ1v) is 13.8. The normalized spacial score (nSPS) is 11.6. The second-order valence-corrected chi connectivity index (χ2v) is 10.6. The molecule has 0 atom stereocenters. The van der Waals surface area contributed by atoms with Crippen molar-refractivity contribution in [1.29, 1.82) is 0 Å². The van der Waals surface area contributed by atoms with E-state index in [1.807, 2.05) is 24.3 Å². The molecule has 1 aromatic heterocycles. The predicted octanol–water partition coefficient (Wildman–Crippen LogP) is 11.5. The third-order valence-electron chi connectivity index (χ3n) is 7.96. The van der Waals surface area contributed by atoms with Crippen molar-refractivity contribution in [1.82, 2.24) is 0 Å². The fourth-order valence-corrected chi connectivity index (χ4v) is 6.37. The van der Waals surface area contributed by atoms with Crippen LogP contribution in [0.2, 0.25) is 5.02 Å². The summed E-state index contributed by atoms with van der Waals surface area (Å²) in [6.07, 6.45) is 0. The summed E-state index contributed by atoms with van der Waals surface area (Å²) in [5.41, 5.74) is 8.85. The van der Waals surface area contributed by atoms with E-state index in [2.05, 4.69) is 115 Å². The van der Waals surface area contributed by atoms with Gasteiger partial charge in [0.05, 0.1) is 0 Å². The summed E-state index contributed by atoms with van der Waals surface area (Å²) in [4.78, 5) is 0. The van der Waals surface area contributed by atoms with Crippen LogP contribution >= 0.6 is 11.6 Å². The highest BCUT2D eigenvalue weighted by atomic mass is 35.5. The lowest BCUT2D eigenvalue weighted by molar-refractivity contribution is 0.669. The van der Waals surface area contributed by atoms with Gasteiger partial charge in [0.25, 0.3) is 0 Å². The average molecular weight is 531 g/mol. The molecule has 0 spiro atoms. The third kappa shape index (κ3) is 3.56. The maximum Gasteiger partial charge on any atom is 0.136 e. The topological polar surface area (TPSA) is 13.1 Å². The van der Waals surface area contributed by atoms with Crippen molar-refractivity contribution >= 4 is 55.1 Å². The van der Waals surface area contributed by atoms with Crippen LogP contribution in [0, 0.1) is 0 Å². The van der Waals surface area contributed by atoms with E-state index >= 15 is 0 Å². The standard InChI is InChI=1S/C38H23ClO/c39-35-18-9-17-32-34(35)23-33-28(27-13-5-4-12-26(27)24-10-2-1-3-11-24)15-8-16-31(33)38(32)25-20-21-30-29-14-6-7-19-36(29)40-37(30)22-25/h1-23H. The second kappa shape index (κ2) is 9.12. The molecular formula is C38H23ClO. The highest BCUT2D eigenvalue weighted by Crippen LogP contribution is 2.44. The average Bonchev–Trinajstić information content (AvgIpc) is 3.38. The van der Waals surface area contributed by atoms with Gasteiger partial charge in [0.1, 0.15) is 11.2 Å². The van der Waals surface area contributed by atoms with Crippen LogP contribution in [-0.2, 0) is 0 Å². The summed E-state index contributed by atoms with van der Waals surface area (Å²) in [7, 11) is 0. The Hall–Kier alpha value is -4.85. The highest BCUT2D eigenvalue weighted by Gasteiger charge is 2.17. The van der Waals surface area contributed by atoms with Gasteiger partial charge in [-0.15, -0.1) is 0 Å². The van der Waals surface area contributed by atoms with Gasteiger partial charge in [0.2, 0.25) is 0 Å². The summed E-state index contributed by atoms with van der Waals surface area (Å²) in [6.45, 7) is 0. The second-order valence-electron chi connectivity index (χ2n) is 10.2. The van der Waals surface area contributed by atoms with Crippen molar-refractivity contribution in [3.05, 3.63) is 145 Å². The van der Waals surface area contributed by atoms with Gasteiger partial charge in [-0.3, -0.25) is 0 Å². The lowest BCUT2D eigenvalue weighted by Gasteiger charge is -2.17. The fourth-order valence-electron chi connectivity index (χ4n) is 6.14. The minimum atomic E-state index is 0.747. The first kappa shape index (κ1) is 23.1. The maximum absolute atomic E-state index is 6.87. The molecule has 0 N–H and O–H groups in total. The van der Waals surface area contributed by atoms with Crippen molar-refractivity contribution in [2.75, 3.05) is 0 Å². The molecule has 0 aliphatic carbocycles. The van der Waals surface area contributed by atoms with E-state index in [0.717, 1.165) is 48.9 Å².